The third-order valence-corrected chi connectivity index (χ3v) is 5.57. The van der Waals surface area contributed by atoms with Gasteiger partial charge in [0.2, 0.25) is 17.7 Å². The van der Waals surface area contributed by atoms with Crippen LogP contribution in [0.5, 0.6) is 0 Å². The first kappa shape index (κ1) is 28.9. The van der Waals surface area contributed by atoms with Crippen molar-refractivity contribution in [3.63, 3.8) is 0 Å². The average molecular weight is 501 g/mol. The number of carbonyl (C=O) groups excluding carboxylic acids is 3. The summed E-state index contributed by atoms with van der Waals surface area (Å²) >= 11 is 4.07. The van der Waals surface area contributed by atoms with Gasteiger partial charge in [-0.1, -0.05) is 20.3 Å². The summed E-state index contributed by atoms with van der Waals surface area (Å²) in [6, 6.07) is -4.63. The average Bonchev–Trinajstić information content (AvgIpc) is 3.30. The normalized spacial score (nSPS) is 15.3. The van der Waals surface area contributed by atoms with E-state index in [0.29, 0.717) is 12.1 Å². The Morgan fingerprint density at radius 3 is 2.24 bits per heavy atom. The lowest BCUT2D eigenvalue weighted by molar-refractivity contribution is -0.142. The zero-order valence-corrected chi connectivity index (χ0v) is 19.9. The van der Waals surface area contributed by atoms with Crippen LogP contribution < -0.4 is 21.7 Å². The molecule has 5 atom stereocenters. The van der Waals surface area contributed by atoms with Crippen LogP contribution in [0.4, 0.5) is 0 Å². The molecule has 13 nitrogen and oxygen atoms in total. The summed E-state index contributed by atoms with van der Waals surface area (Å²) in [7, 11) is 0. The molecule has 0 aliphatic heterocycles. The SMILES string of the molecule is CCC(C)C(NC(=O)C(CS)NC(=O)C(N)CCC(=O)O)C(=O)NC(Cc1cnc[nH]1)C(=O)O. The van der Waals surface area contributed by atoms with Crippen LogP contribution in [-0.2, 0) is 30.4 Å². The van der Waals surface area contributed by atoms with Crippen LogP contribution >= 0.6 is 12.6 Å². The highest BCUT2D eigenvalue weighted by atomic mass is 32.1. The molecule has 3 amide bonds. The molecule has 14 heteroatoms. The molecule has 1 aromatic rings. The number of aromatic nitrogens is 2. The Labute approximate surface area is 202 Å². The van der Waals surface area contributed by atoms with Gasteiger partial charge in [0.15, 0.2) is 0 Å². The van der Waals surface area contributed by atoms with Crippen molar-refractivity contribution >= 4 is 42.3 Å². The van der Waals surface area contributed by atoms with Gasteiger partial charge >= 0.3 is 11.9 Å². The van der Waals surface area contributed by atoms with Gasteiger partial charge in [0, 0.05) is 30.5 Å². The van der Waals surface area contributed by atoms with Gasteiger partial charge < -0.3 is 36.9 Å². The summed E-state index contributed by atoms with van der Waals surface area (Å²) in [6.45, 7) is 3.51. The topological polar surface area (TPSA) is 217 Å². The number of hydrogen-bond donors (Lipinski definition) is 8. The van der Waals surface area contributed by atoms with Crippen LogP contribution in [-0.4, -0.2) is 79.8 Å². The number of carbonyl (C=O) groups is 5. The first-order valence-corrected chi connectivity index (χ1v) is 11.3. The number of nitrogens with one attached hydrogen (secondary N) is 4. The molecule has 0 fully saturated rings. The molecular formula is C20H32N6O7S. The molecule has 8 N–H and O–H groups in total. The maximum atomic E-state index is 12.9. The van der Waals surface area contributed by atoms with E-state index < -0.39 is 53.8 Å². The maximum absolute atomic E-state index is 12.9. The summed E-state index contributed by atoms with van der Waals surface area (Å²) < 4.78 is 0. The number of imidazole rings is 1. The van der Waals surface area contributed by atoms with Crippen molar-refractivity contribution in [3.05, 3.63) is 18.2 Å². The molecule has 0 spiro atoms. The number of hydrogen-bond acceptors (Lipinski definition) is 8. The van der Waals surface area contributed by atoms with Crippen LogP contribution in [0, 0.1) is 5.92 Å². The van der Waals surface area contributed by atoms with E-state index in [9.17, 15) is 29.1 Å². The number of rotatable bonds is 15. The van der Waals surface area contributed by atoms with Crippen molar-refractivity contribution in [1.82, 2.24) is 25.9 Å². The van der Waals surface area contributed by atoms with E-state index in [1.54, 1.807) is 13.8 Å². The van der Waals surface area contributed by atoms with Crippen molar-refractivity contribution in [2.45, 2.75) is 63.7 Å². The van der Waals surface area contributed by atoms with E-state index in [0.717, 1.165) is 0 Å². The zero-order chi connectivity index (χ0) is 25.8. The second-order valence-electron chi connectivity index (χ2n) is 7.83. The van der Waals surface area contributed by atoms with Gasteiger partial charge in [0.25, 0.3) is 0 Å². The molecule has 0 aromatic carbocycles. The first-order valence-electron chi connectivity index (χ1n) is 10.7. The summed E-state index contributed by atoms with van der Waals surface area (Å²) in [5.74, 6) is -4.98. The molecule has 0 saturated heterocycles. The molecule has 34 heavy (non-hydrogen) atoms. The summed E-state index contributed by atoms with van der Waals surface area (Å²) in [5.41, 5.74) is 6.18. The van der Waals surface area contributed by atoms with Gasteiger partial charge in [0.1, 0.15) is 18.1 Å². The number of amides is 3. The molecule has 1 aromatic heterocycles. The van der Waals surface area contributed by atoms with Crippen molar-refractivity contribution in [1.29, 1.82) is 0 Å². The van der Waals surface area contributed by atoms with Gasteiger partial charge in [-0.3, -0.25) is 19.2 Å². The molecule has 0 bridgehead atoms. The lowest BCUT2D eigenvalue weighted by Gasteiger charge is -2.27. The fourth-order valence-electron chi connectivity index (χ4n) is 2.92. The fourth-order valence-corrected chi connectivity index (χ4v) is 3.17. The van der Waals surface area contributed by atoms with E-state index >= 15 is 0 Å². The minimum absolute atomic E-state index is 0.0359. The molecular weight excluding hydrogens is 468 g/mol. The first-order chi connectivity index (χ1) is 16.0. The smallest absolute Gasteiger partial charge is 0.326 e. The van der Waals surface area contributed by atoms with Crippen LogP contribution in [0.3, 0.4) is 0 Å². The Hall–Kier alpha value is -3.13. The fraction of sp³-hybridized carbons (Fsp3) is 0.600. The number of aliphatic carboxylic acids is 2. The van der Waals surface area contributed by atoms with E-state index in [1.807, 2.05) is 0 Å². The van der Waals surface area contributed by atoms with Crippen LogP contribution in [0.1, 0.15) is 38.8 Å². The molecule has 0 aliphatic carbocycles. The Bertz CT molecular complexity index is 850. The largest absolute Gasteiger partial charge is 0.481 e. The Morgan fingerprint density at radius 2 is 1.74 bits per heavy atom. The summed E-state index contributed by atoms with van der Waals surface area (Å²) in [4.78, 5) is 66.8. The maximum Gasteiger partial charge on any atom is 0.326 e. The number of nitrogens with zero attached hydrogens (tertiary/aromatic N) is 1. The number of carboxylic acids is 2. The van der Waals surface area contributed by atoms with E-state index in [2.05, 4.69) is 38.5 Å². The Morgan fingerprint density at radius 1 is 1.09 bits per heavy atom. The van der Waals surface area contributed by atoms with Crippen LogP contribution in [0.25, 0.3) is 0 Å². The molecule has 0 saturated carbocycles. The number of thiol groups is 1. The summed E-state index contributed by atoms with van der Waals surface area (Å²) in [5, 5.41) is 25.6. The van der Waals surface area contributed by atoms with E-state index in [4.69, 9.17) is 10.8 Å². The number of carboxylic acid groups (broad SMARTS) is 2. The second kappa shape index (κ2) is 14.2. The van der Waals surface area contributed by atoms with Crippen LogP contribution in [0.15, 0.2) is 12.5 Å². The third kappa shape index (κ3) is 9.39. The van der Waals surface area contributed by atoms with Gasteiger partial charge in [-0.05, 0) is 12.3 Å². The minimum Gasteiger partial charge on any atom is -0.481 e. The van der Waals surface area contributed by atoms with Crippen molar-refractivity contribution in [2.24, 2.45) is 11.7 Å². The Balaban J connectivity index is 2.86. The third-order valence-electron chi connectivity index (χ3n) is 5.21. The standard InChI is InChI=1S/C20H32N6O7S/c1-3-10(2)16(19(31)24-13(20(32)33)6-11-7-22-9-23-11)26-18(30)14(8-34)25-17(29)12(21)4-5-15(27)28/h7,9-10,12-14,16,34H,3-6,8,21H2,1-2H3,(H,22,23)(H,24,31)(H,25,29)(H,26,30)(H,27,28)(H,32,33). The molecule has 1 heterocycles. The molecule has 0 radical (unpaired) electrons. The molecule has 5 unspecified atom stereocenters. The molecule has 0 aliphatic rings. The lowest BCUT2D eigenvalue weighted by Crippen LogP contribution is -2.59. The van der Waals surface area contributed by atoms with Gasteiger partial charge in [-0.2, -0.15) is 12.6 Å². The minimum atomic E-state index is -1.26. The van der Waals surface area contributed by atoms with E-state index in [1.165, 1.54) is 12.5 Å². The second-order valence-corrected chi connectivity index (χ2v) is 8.20. The number of H-pyrrole nitrogens is 1. The summed E-state index contributed by atoms with van der Waals surface area (Å²) in [6.07, 6.45) is 2.86. The van der Waals surface area contributed by atoms with Crippen molar-refractivity contribution in [2.75, 3.05) is 5.75 Å². The van der Waals surface area contributed by atoms with Gasteiger partial charge in [0.05, 0.1) is 12.4 Å². The highest BCUT2D eigenvalue weighted by Crippen LogP contribution is 2.10. The quantitative estimate of drug-likeness (QED) is 0.133. The number of nitrogens with two attached hydrogens (primary N) is 1. The van der Waals surface area contributed by atoms with E-state index in [-0.39, 0.29) is 30.9 Å². The predicted octanol–water partition coefficient (Wildman–Crippen LogP) is -1.34. The zero-order valence-electron chi connectivity index (χ0n) is 19.0. The molecule has 1 rings (SSSR count). The number of aromatic amines is 1. The highest BCUT2D eigenvalue weighted by Gasteiger charge is 2.32. The lowest BCUT2D eigenvalue weighted by atomic mass is 9.97. The molecule has 190 valence electrons. The highest BCUT2D eigenvalue weighted by molar-refractivity contribution is 7.80. The monoisotopic (exact) mass is 500 g/mol. The van der Waals surface area contributed by atoms with Crippen molar-refractivity contribution in [3.8, 4) is 0 Å². The predicted molar refractivity (Wildman–Crippen MR) is 124 cm³/mol. The van der Waals surface area contributed by atoms with Gasteiger partial charge in [-0.15, -0.1) is 0 Å². The van der Waals surface area contributed by atoms with Gasteiger partial charge in [-0.25, -0.2) is 9.78 Å². The Kier molecular flexibility index (Phi) is 12.1. The van der Waals surface area contributed by atoms with Crippen LogP contribution in [0.2, 0.25) is 0 Å². The van der Waals surface area contributed by atoms with Crippen molar-refractivity contribution < 1.29 is 34.2 Å².